The number of benzene rings is 6. The van der Waals surface area contributed by atoms with Crippen molar-refractivity contribution in [3.8, 4) is 33.4 Å². The predicted molar refractivity (Wildman–Crippen MR) is 200 cm³/mol. The highest BCUT2D eigenvalue weighted by Gasteiger charge is 2.17. The van der Waals surface area contributed by atoms with Gasteiger partial charge in [0.2, 0.25) is 0 Å². The molecule has 0 bridgehead atoms. The number of fused-ring (bicyclic) bond motifs is 2. The minimum absolute atomic E-state index is 0. The van der Waals surface area contributed by atoms with E-state index >= 15 is 0 Å². The van der Waals surface area contributed by atoms with Crippen LogP contribution in [0.25, 0.3) is 60.5 Å². The molecule has 0 saturated carbocycles. The van der Waals surface area contributed by atoms with Crippen molar-refractivity contribution in [3.63, 3.8) is 0 Å². The van der Waals surface area contributed by atoms with Crippen molar-refractivity contribution in [1.29, 1.82) is 0 Å². The minimum atomic E-state index is 0. The van der Waals surface area contributed by atoms with Crippen molar-refractivity contribution < 1.29 is 0 Å². The maximum absolute atomic E-state index is 3.83. The third-order valence-corrected chi connectivity index (χ3v) is 7.84. The van der Waals surface area contributed by atoms with Crippen LogP contribution >= 0.6 is 0 Å². The summed E-state index contributed by atoms with van der Waals surface area (Å²) in [5.74, 6) is 0. The van der Waals surface area contributed by atoms with Crippen molar-refractivity contribution in [2.45, 2.75) is 43.1 Å². The molecule has 0 spiro atoms. The number of rotatable bonds is 6. The number of allylic oxidation sites excluding steroid dienone is 5. The van der Waals surface area contributed by atoms with Crippen molar-refractivity contribution >= 4 is 27.1 Å². The average Bonchev–Trinajstić information content (AvgIpc) is 2.99. The molecule has 0 nitrogen and oxygen atoms in total. The Morgan fingerprint density at radius 1 is 0.500 bits per heavy atom. The maximum Gasteiger partial charge on any atom is -0.00259 e. The molecule has 0 heterocycles. The summed E-state index contributed by atoms with van der Waals surface area (Å²) in [6.07, 6.45) is 8.05. The van der Waals surface area contributed by atoms with Crippen LogP contribution in [0.15, 0.2) is 146 Å². The molecular formula is C44H46. The van der Waals surface area contributed by atoms with Gasteiger partial charge in [0.25, 0.3) is 0 Å². The third-order valence-electron chi connectivity index (χ3n) is 7.84. The molecule has 222 valence electrons. The number of hydrogen-bond acceptors (Lipinski definition) is 0. The highest BCUT2D eigenvalue weighted by atomic mass is 14.2. The summed E-state index contributed by atoms with van der Waals surface area (Å²) in [6.45, 7) is 10.4. The quantitative estimate of drug-likeness (QED) is 0.137. The Morgan fingerprint density at radius 2 is 0.955 bits per heavy atom. The van der Waals surface area contributed by atoms with Crippen LogP contribution in [0.1, 0.15) is 45.9 Å². The lowest BCUT2D eigenvalue weighted by molar-refractivity contribution is 1.46. The van der Waals surface area contributed by atoms with E-state index in [1.807, 2.05) is 12.2 Å². The van der Waals surface area contributed by atoms with Crippen LogP contribution in [0, 0.1) is 13.8 Å². The summed E-state index contributed by atoms with van der Waals surface area (Å²) >= 11 is 0. The topological polar surface area (TPSA) is 0 Å². The Hall–Kier alpha value is -4.94. The predicted octanol–water partition coefficient (Wildman–Crippen LogP) is 13.7. The first-order valence-corrected chi connectivity index (χ1v) is 14.2. The molecule has 0 unspecified atom stereocenters. The van der Waals surface area contributed by atoms with Crippen LogP contribution in [-0.2, 0) is 0 Å². The Morgan fingerprint density at radius 3 is 1.41 bits per heavy atom. The van der Waals surface area contributed by atoms with Crippen LogP contribution in [0.3, 0.4) is 0 Å². The first-order chi connectivity index (χ1) is 20.0. The molecule has 44 heavy (non-hydrogen) atoms. The fourth-order valence-electron chi connectivity index (χ4n) is 5.98. The molecule has 0 radical (unpaired) electrons. The smallest absolute Gasteiger partial charge is 0.00259 e. The van der Waals surface area contributed by atoms with Crippen LogP contribution in [0.5, 0.6) is 0 Å². The fourth-order valence-corrected chi connectivity index (χ4v) is 5.98. The van der Waals surface area contributed by atoms with E-state index < -0.39 is 0 Å². The Labute approximate surface area is 265 Å². The summed E-state index contributed by atoms with van der Waals surface area (Å²) in [5.41, 5.74) is 12.5. The highest BCUT2D eigenvalue weighted by molar-refractivity contribution is 6.19. The van der Waals surface area contributed by atoms with Gasteiger partial charge in [0.05, 0.1) is 0 Å². The lowest BCUT2D eigenvalue weighted by atomic mass is 9.84. The SMILES string of the molecule is C.C.C.C=C/C=C\C=C(/C)c1c2ccccc2c(-c2cc(-c3cccc(C)c3)cc(-c3cccc(C)c3)c2)c2ccccc12. The van der Waals surface area contributed by atoms with E-state index in [1.54, 1.807) is 0 Å². The van der Waals surface area contributed by atoms with Gasteiger partial charge in [-0.15, -0.1) is 0 Å². The Kier molecular flexibility index (Phi) is 11.1. The van der Waals surface area contributed by atoms with Gasteiger partial charge >= 0.3 is 0 Å². The van der Waals surface area contributed by atoms with Gasteiger partial charge in [0, 0.05) is 0 Å². The van der Waals surface area contributed by atoms with Gasteiger partial charge in [-0.1, -0.05) is 161 Å². The van der Waals surface area contributed by atoms with E-state index in [-0.39, 0.29) is 22.3 Å². The summed E-state index contributed by atoms with van der Waals surface area (Å²) in [7, 11) is 0. The molecule has 0 N–H and O–H groups in total. The molecule has 6 rings (SSSR count). The molecule has 0 aromatic heterocycles. The van der Waals surface area contributed by atoms with Crippen molar-refractivity contribution in [2.24, 2.45) is 0 Å². The highest BCUT2D eigenvalue weighted by Crippen LogP contribution is 2.43. The molecule has 0 fully saturated rings. The zero-order valence-electron chi connectivity index (χ0n) is 24.0. The first kappa shape index (κ1) is 33.6. The van der Waals surface area contributed by atoms with E-state index in [0.717, 1.165) is 0 Å². The average molecular weight is 575 g/mol. The van der Waals surface area contributed by atoms with E-state index in [2.05, 4.69) is 155 Å². The van der Waals surface area contributed by atoms with Gasteiger partial charge in [-0.25, -0.2) is 0 Å². The van der Waals surface area contributed by atoms with Gasteiger partial charge in [0.1, 0.15) is 0 Å². The molecule has 0 saturated heterocycles. The largest absolute Gasteiger partial charge is 0.0991 e. The monoisotopic (exact) mass is 574 g/mol. The number of hydrogen-bond donors (Lipinski definition) is 0. The van der Waals surface area contributed by atoms with Gasteiger partial charge in [-0.05, 0) is 105 Å². The molecule has 0 amide bonds. The molecule has 0 aliphatic heterocycles. The summed E-state index contributed by atoms with van der Waals surface area (Å²) < 4.78 is 0. The Bertz CT molecular complexity index is 1860. The van der Waals surface area contributed by atoms with Gasteiger partial charge in [-0.2, -0.15) is 0 Å². The van der Waals surface area contributed by atoms with Crippen LogP contribution in [0.2, 0.25) is 0 Å². The van der Waals surface area contributed by atoms with Crippen molar-refractivity contribution in [3.05, 3.63) is 163 Å². The second kappa shape index (κ2) is 14.5. The molecule has 0 atom stereocenters. The molecule has 6 aromatic carbocycles. The fraction of sp³-hybridized carbons (Fsp3) is 0.136. The number of aryl methyl sites for hydroxylation is 2. The second-order valence-electron chi connectivity index (χ2n) is 10.8. The molecular weight excluding hydrogens is 528 g/mol. The molecule has 0 aliphatic carbocycles. The summed E-state index contributed by atoms with van der Waals surface area (Å²) in [4.78, 5) is 0. The lowest BCUT2D eigenvalue weighted by Gasteiger charge is -2.19. The van der Waals surface area contributed by atoms with E-state index in [9.17, 15) is 0 Å². The second-order valence-corrected chi connectivity index (χ2v) is 10.8. The lowest BCUT2D eigenvalue weighted by Crippen LogP contribution is -1.93. The maximum atomic E-state index is 3.83. The zero-order valence-corrected chi connectivity index (χ0v) is 24.0. The van der Waals surface area contributed by atoms with Crippen LogP contribution in [-0.4, -0.2) is 0 Å². The Balaban J connectivity index is 0.00000176. The van der Waals surface area contributed by atoms with Crippen LogP contribution in [0.4, 0.5) is 0 Å². The van der Waals surface area contributed by atoms with E-state index in [0.29, 0.717) is 0 Å². The minimum Gasteiger partial charge on any atom is -0.0991 e. The van der Waals surface area contributed by atoms with Gasteiger partial charge in [-0.3, -0.25) is 0 Å². The first-order valence-electron chi connectivity index (χ1n) is 14.2. The third kappa shape index (κ3) is 6.51. The van der Waals surface area contributed by atoms with Crippen LogP contribution < -0.4 is 0 Å². The zero-order chi connectivity index (χ0) is 28.3. The van der Waals surface area contributed by atoms with Crippen molar-refractivity contribution in [1.82, 2.24) is 0 Å². The van der Waals surface area contributed by atoms with Crippen molar-refractivity contribution in [2.75, 3.05) is 0 Å². The standard InChI is InChI=1S/C41H34.3CH4/c1-5-6-7-16-30(4)40-36-19-8-10-21-38(36)41(39-22-11-9-20-37(39)40)35-26-33(31-17-12-14-28(2)23-31)25-34(27-35)32-18-13-15-29(3)24-32;;;/h5-27H,1H2,2-4H3;3*1H4/b7-6-,30-16+;;;. The van der Waals surface area contributed by atoms with E-state index in [1.165, 1.54) is 77.2 Å². The summed E-state index contributed by atoms with van der Waals surface area (Å²) in [5, 5.41) is 5.05. The van der Waals surface area contributed by atoms with E-state index in [4.69, 9.17) is 0 Å². The van der Waals surface area contributed by atoms with Gasteiger partial charge < -0.3 is 0 Å². The molecule has 0 aliphatic rings. The molecule has 6 aromatic rings. The normalized spacial score (nSPS) is 11.1. The van der Waals surface area contributed by atoms with Gasteiger partial charge in [0.15, 0.2) is 0 Å². The molecule has 0 heteroatoms. The summed E-state index contributed by atoms with van der Waals surface area (Å²) in [6, 6.07) is 42.4.